The van der Waals surface area contributed by atoms with Gasteiger partial charge in [-0.1, -0.05) is 20.8 Å². The standard InChI is InChI=1S/C24H26N2O5Si/c1-4-14-15-9-13(31-32-6-3)7-8-19(15)25-21-16(14)11-26-20(21)10-18-17(22(26)27)12-30-23(28)24(18,29)5-2/h7-10,29H,4-6,11-12,32H2,1-3H3/t24-/m0/s1. The van der Waals surface area contributed by atoms with Gasteiger partial charge in [-0.05, 0) is 48.7 Å². The summed E-state index contributed by atoms with van der Waals surface area (Å²) in [7, 11) is -0.575. The fraction of sp³-hybridized carbons (Fsp3) is 0.375. The molecule has 2 aromatic heterocycles. The molecule has 0 spiro atoms. The SMILES string of the molecule is CC[SiH2]Oc1ccc2nc3c(c(CC)c2c1)Cn1c-3cc2c(c1=O)COC(=O)[C@]2(O)CC. The number of hydrogen-bond donors (Lipinski definition) is 1. The summed E-state index contributed by atoms with van der Waals surface area (Å²) in [5.74, 6) is 0.160. The van der Waals surface area contributed by atoms with Gasteiger partial charge in [-0.15, -0.1) is 0 Å². The quantitative estimate of drug-likeness (QED) is 0.371. The van der Waals surface area contributed by atoms with Gasteiger partial charge in [-0.2, -0.15) is 0 Å². The third-order valence-electron chi connectivity index (χ3n) is 6.60. The summed E-state index contributed by atoms with van der Waals surface area (Å²) in [4.78, 5) is 30.6. The fourth-order valence-corrected chi connectivity index (χ4v) is 5.47. The Hall–Kier alpha value is -2.97. The Morgan fingerprint density at radius 3 is 2.75 bits per heavy atom. The molecule has 1 N–H and O–H groups in total. The van der Waals surface area contributed by atoms with Crippen molar-refractivity contribution in [1.82, 2.24) is 9.55 Å². The van der Waals surface area contributed by atoms with Crippen LogP contribution in [0, 0.1) is 0 Å². The van der Waals surface area contributed by atoms with Gasteiger partial charge in [0.1, 0.15) is 12.4 Å². The summed E-state index contributed by atoms with van der Waals surface area (Å²) in [6.07, 6.45) is 0.919. The third kappa shape index (κ3) is 2.86. The number of ether oxygens (including phenoxy) is 1. The van der Waals surface area contributed by atoms with Crippen LogP contribution >= 0.6 is 0 Å². The highest BCUT2D eigenvalue weighted by Crippen LogP contribution is 2.40. The molecule has 0 bridgehead atoms. The van der Waals surface area contributed by atoms with Crippen molar-refractivity contribution in [3.05, 3.63) is 56.9 Å². The molecule has 0 saturated carbocycles. The summed E-state index contributed by atoms with van der Waals surface area (Å²) in [5, 5.41) is 12.1. The van der Waals surface area contributed by atoms with Crippen LogP contribution in [0.25, 0.3) is 22.3 Å². The second-order valence-electron chi connectivity index (χ2n) is 8.40. The maximum atomic E-state index is 13.4. The van der Waals surface area contributed by atoms with Crippen LogP contribution < -0.4 is 9.99 Å². The number of aliphatic hydroxyl groups is 1. The maximum Gasteiger partial charge on any atom is 0.343 e. The second kappa shape index (κ2) is 7.56. The van der Waals surface area contributed by atoms with E-state index in [0.29, 0.717) is 23.4 Å². The van der Waals surface area contributed by atoms with Crippen LogP contribution in [0.4, 0.5) is 0 Å². The summed E-state index contributed by atoms with van der Waals surface area (Å²) in [6.45, 7) is 6.23. The number of pyridine rings is 2. The lowest BCUT2D eigenvalue weighted by atomic mass is 9.86. The molecule has 7 nitrogen and oxygen atoms in total. The van der Waals surface area contributed by atoms with E-state index >= 15 is 0 Å². The Morgan fingerprint density at radius 1 is 1.22 bits per heavy atom. The molecule has 0 aliphatic carbocycles. The highest BCUT2D eigenvalue weighted by Gasteiger charge is 2.45. The number of carbonyl (C=O) groups is 1. The number of esters is 1. The van der Waals surface area contributed by atoms with E-state index in [1.54, 1.807) is 17.6 Å². The van der Waals surface area contributed by atoms with E-state index in [1.807, 2.05) is 12.1 Å². The van der Waals surface area contributed by atoms with Gasteiger partial charge in [0, 0.05) is 16.5 Å². The molecule has 32 heavy (non-hydrogen) atoms. The summed E-state index contributed by atoms with van der Waals surface area (Å²) < 4.78 is 12.8. The topological polar surface area (TPSA) is 90.7 Å². The molecule has 0 saturated heterocycles. The van der Waals surface area contributed by atoms with Crippen molar-refractivity contribution in [1.29, 1.82) is 0 Å². The molecule has 5 rings (SSSR count). The van der Waals surface area contributed by atoms with Crippen molar-refractivity contribution in [2.75, 3.05) is 0 Å². The molecule has 1 aromatic carbocycles. The number of benzene rings is 1. The summed E-state index contributed by atoms with van der Waals surface area (Å²) in [5.41, 5.74) is 3.01. The molecule has 0 fully saturated rings. The minimum atomic E-state index is -1.81. The molecule has 0 amide bonds. The van der Waals surface area contributed by atoms with Gasteiger partial charge in [0.25, 0.3) is 5.56 Å². The van der Waals surface area contributed by atoms with E-state index in [1.165, 1.54) is 0 Å². The minimum Gasteiger partial charge on any atom is -0.549 e. The zero-order valence-corrected chi connectivity index (χ0v) is 19.9. The molecule has 2 aliphatic rings. The van der Waals surface area contributed by atoms with Gasteiger partial charge in [-0.3, -0.25) is 4.79 Å². The molecule has 0 radical (unpaired) electrons. The number of cyclic esters (lactones) is 1. The van der Waals surface area contributed by atoms with Gasteiger partial charge in [0.15, 0.2) is 5.60 Å². The van der Waals surface area contributed by atoms with Crippen LogP contribution in [0.3, 0.4) is 0 Å². The first kappa shape index (κ1) is 20.9. The van der Waals surface area contributed by atoms with Crippen LogP contribution in [0.5, 0.6) is 5.75 Å². The first-order valence-corrected chi connectivity index (χ1v) is 12.8. The van der Waals surface area contributed by atoms with Crippen molar-refractivity contribution in [3.8, 4) is 17.1 Å². The normalized spacial score (nSPS) is 19.2. The van der Waals surface area contributed by atoms with E-state index in [2.05, 4.69) is 19.9 Å². The number of aromatic nitrogens is 2. The lowest BCUT2D eigenvalue weighted by Gasteiger charge is -2.31. The van der Waals surface area contributed by atoms with Gasteiger partial charge < -0.3 is 18.8 Å². The molecular formula is C24H26N2O5Si. The summed E-state index contributed by atoms with van der Waals surface area (Å²) >= 11 is 0. The van der Waals surface area contributed by atoms with Crippen molar-refractivity contribution in [2.45, 2.75) is 58.4 Å². The van der Waals surface area contributed by atoms with Gasteiger partial charge >= 0.3 is 5.97 Å². The van der Waals surface area contributed by atoms with Crippen LogP contribution in [-0.4, -0.2) is 30.4 Å². The Bertz CT molecular complexity index is 1330. The highest BCUT2D eigenvalue weighted by atomic mass is 28.2. The van der Waals surface area contributed by atoms with E-state index in [9.17, 15) is 14.7 Å². The maximum absolute atomic E-state index is 13.4. The first-order valence-electron chi connectivity index (χ1n) is 11.2. The number of nitrogens with zero attached hydrogens (tertiary/aromatic N) is 2. The second-order valence-corrected chi connectivity index (χ2v) is 10.1. The third-order valence-corrected chi connectivity index (χ3v) is 7.55. The molecule has 166 valence electrons. The predicted molar refractivity (Wildman–Crippen MR) is 124 cm³/mol. The van der Waals surface area contributed by atoms with E-state index in [0.717, 1.165) is 45.9 Å². The lowest BCUT2D eigenvalue weighted by molar-refractivity contribution is -0.172. The van der Waals surface area contributed by atoms with Crippen LogP contribution in [-0.2, 0) is 34.7 Å². The van der Waals surface area contributed by atoms with Crippen LogP contribution in [0.1, 0.15) is 49.4 Å². The molecule has 2 aliphatic heterocycles. The average Bonchev–Trinajstić information content (AvgIpc) is 3.17. The Labute approximate surface area is 187 Å². The van der Waals surface area contributed by atoms with E-state index in [4.69, 9.17) is 14.1 Å². The molecule has 3 aromatic rings. The van der Waals surface area contributed by atoms with Crippen LogP contribution in [0.15, 0.2) is 29.1 Å². The Kier molecular flexibility index (Phi) is 4.94. The molecule has 1 atom stereocenters. The zero-order chi connectivity index (χ0) is 22.6. The van der Waals surface area contributed by atoms with Crippen molar-refractivity contribution < 1.29 is 19.1 Å². The number of carbonyl (C=O) groups excluding carboxylic acids is 1. The lowest BCUT2D eigenvalue weighted by Crippen LogP contribution is -2.44. The number of hydrogen-bond acceptors (Lipinski definition) is 6. The summed E-state index contributed by atoms with van der Waals surface area (Å²) in [6, 6.07) is 8.80. The number of aryl methyl sites for hydroxylation is 1. The predicted octanol–water partition coefficient (Wildman–Crippen LogP) is 2.54. The highest BCUT2D eigenvalue weighted by molar-refractivity contribution is 6.28. The van der Waals surface area contributed by atoms with Gasteiger partial charge in [0.2, 0.25) is 9.76 Å². The Balaban J connectivity index is 1.74. The average molecular weight is 451 g/mol. The van der Waals surface area contributed by atoms with Crippen molar-refractivity contribution in [2.24, 2.45) is 0 Å². The smallest absolute Gasteiger partial charge is 0.343 e. The minimum absolute atomic E-state index is 0.121. The van der Waals surface area contributed by atoms with Crippen molar-refractivity contribution >= 4 is 26.6 Å². The molecule has 4 heterocycles. The number of fused-ring (bicyclic) bond motifs is 5. The number of rotatable bonds is 5. The van der Waals surface area contributed by atoms with E-state index in [-0.39, 0.29) is 18.6 Å². The van der Waals surface area contributed by atoms with E-state index < -0.39 is 21.3 Å². The first-order chi connectivity index (χ1) is 15.4. The van der Waals surface area contributed by atoms with Gasteiger partial charge in [0.05, 0.1) is 29.0 Å². The Morgan fingerprint density at radius 2 is 2.03 bits per heavy atom. The molecule has 8 heteroatoms. The zero-order valence-electron chi connectivity index (χ0n) is 18.5. The van der Waals surface area contributed by atoms with Crippen molar-refractivity contribution in [3.63, 3.8) is 0 Å². The fourth-order valence-electron chi connectivity index (χ4n) is 4.85. The monoisotopic (exact) mass is 450 g/mol. The molecule has 0 unspecified atom stereocenters. The largest absolute Gasteiger partial charge is 0.549 e. The molecular weight excluding hydrogens is 424 g/mol. The van der Waals surface area contributed by atoms with Gasteiger partial charge in [-0.25, -0.2) is 9.78 Å². The van der Waals surface area contributed by atoms with Crippen LogP contribution in [0.2, 0.25) is 6.04 Å².